The van der Waals surface area contributed by atoms with Crippen LogP contribution in [0.15, 0.2) is 18.2 Å². The lowest BCUT2D eigenvalue weighted by Gasteiger charge is -2.22. The molecule has 2 rings (SSSR count). The first-order valence-electron chi connectivity index (χ1n) is 5.83. The number of halogens is 2. The number of methoxy groups -OCH3 is 1. The molecule has 1 saturated carbocycles. The lowest BCUT2D eigenvalue weighted by Crippen LogP contribution is -2.43. The molecular weight excluding hydrogens is 287 g/mol. The molecule has 1 aromatic rings. The molecule has 0 saturated heterocycles. The van der Waals surface area contributed by atoms with Crippen molar-refractivity contribution in [1.29, 1.82) is 0 Å². The van der Waals surface area contributed by atoms with E-state index in [0.717, 1.165) is 24.2 Å². The third-order valence-electron chi connectivity index (χ3n) is 3.21. The van der Waals surface area contributed by atoms with E-state index in [0.29, 0.717) is 11.6 Å². The molecule has 0 aromatic heterocycles. The number of nitrogens with zero attached hydrogens (tertiary/aromatic N) is 1. The Labute approximate surface area is 124 Å². The summed E-state index contributed by atoms with van der Waals surface area (Å²) < 4.78 is 5.25. The molecule has 2 N–H and O–H groups in total. The predicted octanol–water partition coefficient (Wildman–Crippen LogP) is 2.22. The first-order valence-corrected chi connectivity index (χ1v) is 6.21. The van der Waals surface area contributed by atoms with Crippen molar-refractivity contribution in [3.63, 3.8) is 0 Å². The van der Waals surface area contributed by atoms with Crippen LogP contribution in [0.2, 0.25) is 5.02 Å². The van der Waals surface area contributed by atoms with E-state index in [1.165, 1.54) is 0 Å². The molecule has 0 radical (unpaired) electrons. The lowest BCUT2D eigenvalue weighted by molar-refractivity contribution is -0.132. The maximum atomic E-state index is 12.0. The molecule has 0 bridgehead atoms. The summed E-state index contributed by atoms with van der Waals surface area (Å²) in [6.45, 7) is 0.446. The van der Waals surface area contributed by atoms with Crippen molar-refractivity contribution in [2.45, 2.75) is 24.9 Å². The van der Waals surface area contributed by atoms with E-state index in [1.807, 2.05) is 0 Å². The van der Waals surface area contributed by atoms with Gasteiger partial charge in [-0.3, -0.25) is 4.79 Å². The number of carbonyl (C=O) groups excluding carboxylic acids is 1. The van der Waals surface area contributed by atoms with Crippen LogP contribution in [-0.2, 0) is 11.3 Å². The Hall–Kier alpha value is -0.970. The molecule has 0 aliphatic heterocycles. The van der Waals surface area contributed by atoms with Crippen molar-refractivity contribution in [3.05, 3.63) is 28.8 Å². The summed E-state index contributed by atoms with van der Waals surface area (Å²) >= 11 is 5.96. The minimum Gasteiger partial charge on any atom is -0.496 e. The maximum absolute atomic E-state index is 12.0. The molecule has 0 unspecified atom stereocenters. The molecule has 1 aliphatic carbocycles. The number of benzene rings is 1. The summed E-state index contributed by atoms with van der Waals surface area (Å²) in [5.41, 5.74) is 6.14. The fourth-order valence-corrected chi connectivity index (χ4v) is 2.12. The quantitative estimate of drug-likeness (QED) is 0.928. The summed E-state index contributed by atoms with van der Waals surface area (Å²) in [4.78, 5) is 13.7. The summed E-state index contributed by atoms with van der Waals surface area (Å²) in [7, 11) is 3.34. The highest BCUT2D eigenvalue weighted by Gasteiger charge is 2.47. The number of ether oxygens (including phenoxy) is 1. The van der Waals surface area contributed by atoms with Crippen molar-refractivity contribution in [2.24, 2.45) is 5.73 Å². The van der Waals surface area contributed by atoms with Crippen molar-refractivity contribution < 1.29 is 9.53 Å². The number of nitrogens with two attached hydrogens (primary N) is 1. The molecule has 1 amide bonds. The molecule has 1 aromatic carbocycles. The number of carbonyl (C=O) groups is 1. The first-order chi connectivity index (χ1) is 8.46. The summed E-state index contributed by atoms with van der Waals surface area (Å²) in [6, 6.07) is 5.36. The predicted molar refractivity (Wildman–Crippen MR) is 77.9 cm³/mol. The molecule has 0 spiro atoms. The van der Waals surface area contributed by atoms with Crippen molar-refractivity contribution in [2.75, 3.05) is 14.2 Å². The largest absolute Gasteiger partial charge is 0.496 e. The van der Waals surface area contributed by atoms with Crippen LogP contribution in [0.1, 0.15) is 18.4 Å². The highest BCUT2D eigenvalue weighted by Crippen LogP contribution is 2.34. The van der Waals surface area contributed by atoms with Gasteiger partial charge >= 0.3 is 0 Å². The molecule has 0 heterocycles. The second-order valence-corrected chi connectivity index (χ2v) is 5.21. The lowest BCUT2D eigenvalue weighted by atomic mass is 10.1. The second kappa shape index (κ2) is 5.99. The van der Waals surface area contributed by atoms with Gasteiger partial charge in [-0.2, -0.15) is 0 Å². The van der Waals surface area contributed by atoms with Gasteiger partial charge in [-0.15, -0.1) is 12.4 Å². The van der Waals surface area contributed by atoms with Gasteiger partial charge in [-0.05, 0) is 31.0 Å². The van der Waals surface area contributed by atoms with Crippen LogP contribution in [0.3, 0.4) is 0 Å². The molecule has 6 heteroatoms. The van der Waals surface area contributed by atoms with E-state index >= 15 is 0 Å². The van der Waals surface area contributed by atoms with Crippen LogP contribution in [-0.4, -0.2) is 30.5 Å². The van der Waals surface area contributed by atoms with Gasteiger partial charge in [0.2, 0.25) is 5.91 Å². The average molecular weight is 305 g/mol. The van der Waals surface area contributed by atoms with Crippen LogP contribution < -0.4 is 10.5 Å². The van der Waals surface area contributed by atoms with Gasteiger partial charge in [-0.1, -0.05) is 11.6 Å². The number of likely N-dealkylation sites (N-methyl/N-ethyl adjacent to an activating group) is 1. The van der Waals surface area contributed by atoms with Crippen LogP contribution >= 0.6 is 24.0 Å². The van der Waals surface area contributed by atoms with Gasteiger partial charge in [0.25, 0.3) is 0 Å². The zero-order valence-electron chi connectivity index (χ0n) is 11.0. The Balaban J connectivity index is 0.00000180. The van der Waals surface area contributed by atoms with E-state index in [2.05, 4.69) is 0 Å². The Bertz CT molecular complexity index is 476. The number of amides is 1. The normalized spacial score (nSPS) is 15.4. The minimum atomic E-state index is -0.638. The molecule has 0 atom stereocenters. The molecule has 1 fully saturated rings. The molecular formula is C13H18Cl2N2O2. The third kappa shape index (κ3) is 3.53. The summed E-state index contributed by atoms with van der Waals surface area (Å²) in [5, 5.41) is 0.625. The maximum Gasteiger partial charge on any atom is 0.242 e. The van der Waals surface area contributed by atoms with E-state index in [9.17, 15) is 4.79 Å². The summed E-state index contributed by atoms with van der Waals surface area (Å²) in [6.07, 6.45) is 1.53. The van der Waals surface area contributed by atoms with Crippen molar-refractivity contribution in [3.8, 4) is 5.75 Å². The Morgan fingerprint density at radius 3 is 2.68 bits per heavy atom. The zero-order valence-corrected chi connectivity index (χ0v) is 12.6. The second-order valence-electron chi connectivity index (χ2n) is 4.77. The fraction of sp³-hybridized carbons (Fsp3) is 0.462. The Morgan fingerprint density at radius 2 is 2.16 bits per heavy atom. The Kier molecular flexibility index (Phi) is 5.07. The van der Waals surface area contributed by atoms with Crippen LogP contribution in [0.4, 0.5) is 0 Å². The minimum absolute atomic E-state index is 0. The Morgan fingerprint density at radius 1 is 1.53 bits per heavy atom. The van der Waals surface area contributed by atoms with Gasteiger partial charge in [0.05, 0.1) is 12.6 Å². The van der Waals surface area contributed by atoms with Crippen molar-refractivity contribution in [1.82, 2.24) is 4.90 Å². The van der Waals surface area contributed by atoms with Crippen molar-refractivity contribution >= 4 is 29.9 Å². The topological polar surface area (TPSA) is 55.6 Å². The van der Waals surface area contributed by atoms with Gasteiger partial charge < -0.3 is 15.4 Å². The molecule has 19 heavy (non-hydrogen) atoms. The first kappa shape index (κ1) is 16.1. The number of hydrogen-bond donors (Lipinski definition) is 1. The van der Waals surface area contributed by atoms with E-state index in [4.69, 9.17) is 22.1 Å². The summed E-state index contributed by atoms with van der Waals surface area (Å²) in [5.74, 6) is 0.699. The standard InChI is InChI=1S/C13H17ClN2O2.ClH/c1-16(12(17)13(15)5-6-13)8-9-7-10(14)3-4-11(9)18-2;/h3-4,7H,5-6,8,15H2,1-2H3;1H. The smallest absolute Gasteiger partial charge is 0.242 e. The van der Waals surface area contributed by atoms with E-state index < -0.39 is 5.54 Å². The monoisotopic (exact) mass is 304 g/mol. The number of rotatable bonds is 4. The zero-order chi connectivity index (χ0) is 13.3. The van der Waals surface area contributed by atoms with Crippen LogP contribution in [0.25, 0.3) is 0 Å². The molecule has 106 valence electrons. The average Bonchev–Trinajstić information content (AvgIpc) is 3.08. The van der Waals surface area contributed by atoms with Gasteiger partial charge in [0.1, 0.15) is 5.75 Å². The number of hydrogen-bond acceptors (Lipinski definition) is 3. The van der Waals surface area contributed by atoms with Gasteiger partial charge in [0, 0.05) is 24.2 Å². The fourth-order valence-electron chi connectivity index (χ4n) is 1.93. The highest BCUT2D eigenvalue weighted by atomic mass is 35.5. The van der Waals surface area contributed by atoms with Gasteiger partial charge in [0.15, 0.2) is 0 Å². The van der Waals surface area contributed by atoms with E-state index in [-0.39, 0.29) is 18.3 Å². The van der Waals surface area contributed by atoms with E-state index in [1.54, 1.807) is 37.3 Å². The van der Waals surface area contributed by atoms with Gasteiger partial charge in [-0.25, -0.2) is 0 Å². The van der Waals surface area contributed by atoms with Crippen LogP contribution in [0.5, 0.6) is 5.75 Å². The molecule has 1 aliphatic rings. The van der Waals surface area contributed by atoms with Crippen LogP contribution in [0, 0.1) is 0 Å². The molecule has 4 nitrogen and oxygen atoms in total. The third-order valence-corrected chi connectivity index (χ3v) is 3.45. The SMILES string of the molecule is COc1ccc(Cl)cc1CN(C)C(=O)C1(N)CC1.Cl. The highest BCUT2D eigenvalue weighted by molar-refractivity contribution is 6.30.